The maximum Gasteiger partial charge on any atom is 0.225 e. The molecule has 0 unspecified atom stereocenters. The van der Waals surface area contributed by atoms with Gasteiger partial charge in [0.05, 0.1) is 0 Å². The Morgan fingerprint density at radius 2 is 2.00 bits per heavy atom. The molecule has 1 aromatic heterocycles. The van der Waals surface area contributed by atoms with Crippen LogP contribution in [0.3, 0.4) is 0 Å². The molecule has 1 heterocycles. The molecule has 0 fully saturated rings. The summed E-state index contributed by atoms with van der Waals surface area (Å²) in [5.41, 5.74) is 0. The topological polar surface area (TPSA) is 29.0 Å². The summed E-state index contributed by atoms with van der Waals surface area (Å²) in [7, 11) is 0. The predicted molar refractivity (Wildman–Crippen MR) is 62.9 cm³/mol. The highest BCUT2D eigenvalue weighted by Crippen LogP contribution is 2.06. The number of anilines is 1. The summed E-state index contributed by atoms with van der Waals surface area (Å²) in [6.07, 6.45) is 5.96. The summed E-state index contributed by atoms with van der Waals surface area (Å²) >= 11 is 3.44. The molecule has 14 heavy (non-hydrogen) atoms. The van der Waals surface area contributed by atoms with Crippen LogP contribution >= 0.6 is 15.9 Å². The van der Waals surface area contributed by atoms with Gasteiger partial charge >= 0.3 is 0 Å². The number of alkyl halides is 1. The fraction of sp³-hybridized carbons (Fsp3) is 0.600. The second-order valence-electron chi connectivity index (χ2n) is 3.08. The number of aromatic nitrogens is 2. The van der Waals surface area contributed by atoms with Gasteiger partial charge in [-0.3, -0.25) is 0 Å². The first-order valence-corrected chi connectivity index (χ1v) is 6.08. The molecule has 0 N–H and O–H groups in total. The van der Waals surface area contributed by atoms with Gasteiger partial charge in [-0.2, -0.15) is 0 Å². The predicted octanol–water partition coefficient (Wildman–Crippen LogP) is 2.48. The molecule has 4 heteroatoms. The molecular formula is C10H16BrN3. The first kappa shape index (κ1) is 11.4. The van der Waals surface area contributed by atoms with Gasteiger partial charge in [-0.05, 0) is 12.5 Å². The Hall–Kier alpha value is -0.640. The van der Waals surface area contributed by atoms with Gasteiger partial charge in [0.25, 0.3) is 0 Å². The van der Waals surface area contributed by atoms with Crippen molar-refractivity contribution in [2.75, 3.05) is 23.3 Å². The average molecular weight is 258 g/mol. The number of hydrogen-bond donors (Lipinski definition) is 0. The number of rotatable bonds is 6. The van der Waals surface area contributed by atoms with Crippen molar-refractivity contribution < 1.29 is 0 Å². The Labute approximate surface area is 93.7 Å². The minimum atomic E-state index is 0.834. The van der Waals surface area contributed by atoms with E-state index in [2.05, 4.69) is 37.7 Å². The van der Waals surface area contributed by atoms with Crippen LogP contribution in [0.4, 0.5) is 5.95 Å². The summed E-state index contributed by atoms with van der Waals surface area (Å²) in [5.74, 6) is 0.834. The minimum Gasteiger partial charge on any atom is -0.340 e. The van der Waals surface area contributed by atoms with Crippen LogP contribution in [0.25, 0.3) is 0 Å². The molecule has 1 rings (SSSR count). The van der Waals surface area contributed by atoms with Crippen LogP contribution < -0.4 is 4.90 Å². The number of nitrogens with zero attached hydrogens (tertiary/aromatic N) is 3. The number of unbranched alkanes of at least 4 members (excludes halogenated alkanes) is 1. The van der Waals surface area contributed by atoms with E-state index < -0.39 is 0 Å². The average Bonchev–Trinajstić information content (AvgIpc) is 2.25. The highest BCUT2D eigenvalue weighted by molar-refractivity contribution is 9.09. The van der Waals surface area contributed by atoms with Gasteiger partial charge in [-0.15, -0.1) is 0 Å². The van der Waals surface area contributed by atoms with Crippen LogP contribution in [0.5, 0.6) is 0 Å². The minimum absolute atomic E-state index is 0.834. The van der Waals surface area contributed by atoms with Crippen LogP contribution in [0.1, 0.15) is 19.8 Å². The third-order valence-electron chi connectivity index (χ3n) is 1.97. The van der Waals surface area contributed by atoms with Crippen molar-refractivity contribution in [1.82, 2.24) is 9.97 Å². The third-order valence-corrected chi connectivity index (χ3v) is 2.33. The molecule has 1 aromatic rings. The zero-order chi connectivity index (χ0) is 10.2. The maximum atomic E-state index is 4.24. The molecule has 0 bridgehead atoms. The molecule has 3 nitrogen and oxygen atoms in total. The molecular weight excluding hydrogens is 242 g/mol. The zero-order valence-electron chi connectivity index (χ0n) is 8.49. The van der Waals surface area contributed by atoms with Crippen LogP contribution in [-0.2, 0) is 0 Å². The molecule has 0 atom stereocenters. The molecule has 0 aliphatic rings. The third kappa shape index (κ3) is 3.62. The normalized spacial score (nSPS) is 10.1. The monoisotopic (exact) mass is 257 g/mol. The van der Waals surface area contributed by atoms with Gasteiger partial charge in [0.2, 0.25) is 5.95 Å². The first-order chi connectivity index (χ1) is 6.88. The highest BCUT2D eigenvalue weighted by atomic mass is 79.9. The van der Waals surface area contributed by atoms with Gasteiger partial charge in [-0.1, -0.05) is 29.3 Å². The fourth-order valence-electron chi connectivity index (χ4n) is 1.22. The largest absolute Gasteiger partial charge is 0.340 e. The van der Waals surface area contributed by atoms with Crippen molar-refractivity contribution in [3.05, 3.63) is 18.5 Å². The standard InChI is InChI=1S/C10H16BrN3/c1-2-3-8-14(9-5-11)10-12-6-4-7-13-10/h4,6-7H,2-3,5,8-9H2,1H3. The van der Waals surface area contributed by atoms with Crippen molar-refractivity contribution >= 4 is 21.9 Å². The van der Waals surface area contributed by atoms with Gasteiger partial charge in [0, 0.05) is 30.8 Å². The van der Waals surface area contributed by atoms with Crippen molar-refractivity contribution in [2.45, 2.75) is 19.8 Å². The van der Waals surface area contributed by atoms with Crippen molar-refractivity contribution in [3.8, 4) is 0 Å². The molecule has 0 saturated carbocycles. The molecule has 0 aliphatic heterocycles. The van der Waals surface area contributed by atoms with Gasteiger partial charge in [0.1, 0.15) is 0 Å². The summed E-state index contributed by atoms with van der Waals surface area (Å²) in [6.45, 7) is 4.19. The van der Waals surface area contributed by atoms with Gasteiger partial charge in [-0.25, -0.2) is 9.97 Å². The van der Waals surface area contributed by atoms with E-state index in [0.717, 1.165) is 24.4 Å². The molecule has 0 aromatic carbocycles. The Balaban J connectivity index is 2.58. The van der Waals surface area contributed by atoms with Crippen molar-refractivity contribution in [1.29, 1.82) is 0 Å². The van der Waals surface area contributed by atoms with E-state index >= 15 is 0 Å². The molecule has 0 spiro atoms. The van der Waals surface area contributed by atoms with E-state index in [1.807, 2.05) is 6.07 Å². The highest BCUT2D eigenvalue weighted by Gasteiger charge is 2.06. The van der Waals surface area contributed by atoms with Crippen LogP contribution in [0, 0.1) is 0 Å². The molecule has 0 amide bonds. The van der Waals surface area contributed by atoms with E-state index in [1.165, 1.54) is 12.8 Å². The van der Waals surface area contributed by atoms with Gasteiger partial charge < -0.3 is 4.90 Å². The number of halogens is 1. The second kappa shape index (κ2) is 6.76. The molecule has 0 aliphatic carbocycles. The van der Waals surface area contributed by atoms with E-state index in [-0.39, 0.29) is 0 Å². The van der Waals surface area contributed by atoms with Gasteiger partial charge in [0.15, 0.2) is 0 Å². The summed E-state index contributed by atoms with van der Waals surface area (Å²) in [4.78, 5) is 10.7. The summed E-state index contributed by atoms with van der Waals surface area (Å²) in [6, 6.07) is 1.84. The quantitative estimate of drug-likeness (QED) is 0.734. The molecule has 78 valence electrons. The first-order valence-electron chi connectivity index (χ1n) is 4.96. The smallest absolute Gasteiger partial charge is 0.225 e. The Morgan fingerprint density at radius 1 is 1.29 bits per heavy atom. The van der Waals surface area contributed by atoms with E-state index in [9.17, 15) is 0 Å². The molecule has 0 radical (unpaired) electrons. The lowest BCUT2D eigenvalue weighted by Crippen LogP contribution is -2.28. The van der Waals surface area contributed by atoms with E-state index in [1.54, 1.807) is 12.4 Å². The summed E-state index contributed by atoms with van der Waals surface area (Å²) < 4.78 is 0. The molecule has 0 saturated heterocycles. The number of hydrogen-bond acceptors (Lipinski definition) is 3. The van der Waals surface area contributed by atoms with Crippen LogP contribution in [0.15, 0.2) is 18.5 Å². The van der Waals surface area contributed by atoms with Crippen molar-refractivity contribution in [3.63, 3.8) is 0 Å². The Kier molecular flexibility index (Phi) is 5.52. The Bertz CT molecular complexity index is 240. The van der Waals surface area contributed by atoms with Crippen LogP contribution in [-0.4, -0.2) is 28.4 Å². The van der Waals surface area contributed by atoms with E-state index in [0.29, 0.717) is 0 Å². The lowest BCUT2D eigenvalue weighted by atomic mass is 10.3. The maximum absolute atomic E-state index is 4.24. The lowest BCUT2D eigenvalue weighted by Gasteiger charge is -2.20. The SMILES string of the molecule is CCCCN(CCBr)c1ncccn1. The van der Waals surface area contributed by atoms with Crippen molar-refractivity contribution in [2.24, 2.45) is 0 Å². The second-order valence-corrected chi connectivity index (χ2v) is 3.87. The zero-order valence-corrected chi connectivity index (χ0v) is 10.1. The Morgan fingerprint density at radius 3 is 2.57 bits per heavy atom. The fourth-order valence-corrected chi connectivity index (χ4v) is 1.65. The van der Waals surface area contributed by atoms with Crippen LogP contribution in [0.2, 0.25) is 0 Å². The summed E-state index contributed by atoms with van der Waals surface area (Å²) in [5, 5.41) is 0.953. The van der Waals surface area contributed by atoms with E-state index in [4.69, 9.17) is 0 Å². The lowest BCUT2D eigenvalue weighted by molar-refractivity contribution is 0.717.